The third-order valence-electron chi connectivity index (χ3n) is 4.44. The zero-order valence-electron chi connectivity index (χ0n) is 15.4. The average molecular weight is 406 g/mol. The lowest BCUT2D eigenvalue weighted by Gasteiger charge is -2.26. The molecule has 2 aromatic carbocycles. The smallest absolute Gasteiger partial charge is 0.416 e. The van der Waals surface area contributed by atoms with Gasteiger partial charge in [-0.25, -0.2) is 0 Å². The van der Waals surface area contributed by atoms with Gasteiger partial charge >= 0.3 is 6.18 Å². The molecule has 152 valence electrons. The zero-order chi connectivity index (χ0) is 21.2. The van der Waals surface area contributed by atoms with Crippen LogP contribution in [-0.4, -0.2) is 31.3 Å². The van der Waals surface area contributed by atoms with Gasteiger partial charge in [-0.15, -0.1) is 0 Å². The molecule has 0 aromatic heterocycles. The quantitative estimate of drug-likeness (QED) is 0.769. The lowest BCUT2D eigenvalue weighted by molar-refractivity contribution is -0.137. The number of rotatable bonds is 5. The Hall–Kier alpha value is -3.36. The van der Waals surface area contributed by atoms with E-state index in [0.29, 0.717) is 17.0 Å². The van der Waals surface area contributed by atoms with E-state index in [9.17, 15) is 27.6 Å². The topological polar surface area (TPSA) is 75.7 Å². The predicted molar refractivity (Wildman–Crippen MR) is 99.0 cm³/mol. The van der Waals surface area contributed by atoms with Crippen molar-refractivity contribution in [2.75, 3.05) is 23.9 Å². The van der Waals surface area contributed by atoms with Crippen molar-refractivity contribution >= 4 is 29.0 Å². The van der Waals surface area contributed by atoms with Crippen LogP contribution >= 0.6 is 0 Å². The van der Waals surface area contributed by atoms with Gasteiger partial charge < -0.3 is 15.0 Å². The molecule has 29 heavy (non-hydrogen) atoms. The molecule has 1 aliphatic heterocycles. The van der Waals surface area contributed by atoms with Gasteiger partial charge in [0.15, 0.2) is 12.4 Å². The Kier molecular flexibility index (Phi) is 5.58. The molecule has 6 nitrogen and oxygen atoms in total. The van der Waals surface area contributed by atoms with Crippen LogP contribution in [0.5, 0.6) is 5.75 Å². The van der Waals surface area contributed by atoms with Gasteiger partial charge in [-0.2, -0.15) is 13.2 Å². The second kappa shape index (κ2) is 7.94. The Morgan fingerprint density at radius 3 is 2.45 bits per heavy atom. The highest BCUT2D eigenvalue weighted by Crippen LogP contribution is 2.32. The summed E-state index contributed by atoms with van der Waals surface area (Å²) >= 11 is 0. The number of nitrogens with zero attached hydrogens (tertiary/aromatic N) is 1. The van der Waals surface area contributed by atoms with E-state index in [1.54, 1.807) is 19.2 Å². The maximum Gasteiger partial charge on any atom is 0.416 e. The fraction of sp³-hybridized carbons (Fsp3) is 0.250. The first kappa shape index (κ1) is 20.4. The largest absolute Gasteiger partial charge is 0.482 e. The minimum absolute atomic E-state index is 0.0685. The van der Waals surface area contributed by atoms with Crippen molar-refractivity contribution in [2.45, 2.75) is 19.0 Å². The number of benzene rings is 2. The average Bonchev–Trinajstić information content (AvgIpc) is 2.68. The molecular formula is C20H17F3N2O4. The molecule has 2 aromatic rings. The Morgan fingerprint density at radius 2 is 1.79 bits per heavy atom. The van der Waals surface area contributed by atoms with Crippen LogP contribution in [0.2, 0.25) is 0 Å². The molecular weight excluding hydrogens is 389 g/mol. The number of ether oxygens (including phenoxy) is 1. The third-order valence-corrected chi connectivity index (χ3v) is 4.44. The molecule has 0 atom stereocenters. The first-order chi connectivity index (χ1) is 13.6. The summed E-state index contributed by atoms with van der Waals surface area (Å²) < 4.78 is 42.9. The monoisotopic (exact) mass is 406 g/mol. The minimum Gasteiger partial charge on any atom is -0.482 e. The summed E-state index contributed by atoms with van der Waals surface area (Å²) in [5.74, 6) is -0.546. The molecule has 1 N–H and O–H groups in total. The van der Waals surface area contributed by atoms with Crippen molar-refractivity contribution in [1.29, 1.82) is 0 Å². The molecule has 0 aliphatic carbocycles. The second-order valence-corrected chi connectivity index (χ2v) is 6.47. The molecule has 3 rings (SSSR count). The van der Waals surface area contributed by atoms with Crippen molar-refractivity contribution in [3.63, 3.8) is 0 Å². The van der Waals surface area contributed by atoms with Crippen molar-refractivity contribution in [1.82, 2.24) is 0 Å². The number of fused-ring (bicyclic) bond motifs is 1. The number of Topliss-reactive ketones (excluding diaryl/α,β-unsaturated/α-hetero) is 1. The predicted octanol–water partition coefficient (Wildman–Crippen LogP) is 3.66. The van der Waals surface area contributed by atoms with Gasteiger partial charge in [0.25, 0.3) is 5.91 Å². The molecule has 0 unspecified atom stereocenters. The molecule has 0 saturated heterocycles. The maximum absolute atomic E-state index is 12.5. The summed E-state index contributed by atoms with van der Waals surface area (Å²) in [5.41, 5.74) is 0.199. The van der Waals surface area contributed by atoms with E-state index >= 15 is 0 Å². The van der Waals surface area contributed by atoms with Crippen LogP contribution in [0.15, 0.2) is 42.5 Å². The molecule has 9 heteroatoms. The van der Waals surface area contributed by atoms with E-state index in [4.69, 9.17) is 4.74 Å². The summed E-state index contributed by atoms with van der Waals surface area (Å²) in [6.45, 7) is -0.0685. The van der Waals surface area contributed by atoms with Crippen LogP contribution in [0.4, 0.5) is 24.5 Å². The Labute approximate surface area is 164 Å². The fourth-order valence-electron chi connectivity index (χ4n) is 2.78. The number of carbonyl (C=O) groups excluding carboxylic acids is 3. The summed E-state index contributed by atoms with van der Waals surface area (Å²) in [6.07, 6.45) is -4.68. The highest BCUT2D eigenvalue weighted by atomic mass is 19.4. The van der Waals surface area contributed by atoms with Crippen molar-refractivity contribution in [3.05, 3.63) is 53.6 Å². The van der Waals surface area contributed by atoms with Crippen LogP contribution in [0.3, 0.4) is 0 Å². The van der Waals surface area contributed by atoms with Gasteiger partial charge in [-0.3, -0.25) is 14.4 Å². The summed E-state index contributed by atoms with van der Waals surface area (Å²) in [4.78, 5) is 37.5. The van der Waals surface area contributed by atoms with E-state index in [0.717, 1.165) is 24.3 Å². The highest BCUT2D eigenvalue weighted by Gasteiger charge is 2.30. The molecule has 0 saturated carbocycles. The standard InChI is InChI=1S/C20H17F3N2O4/c1-25-15-10-12(2-8-17(15)29-11-19(25)28)16(26)7-9-18(27)24-14-5-3-13(4-6-14)20(21,22)23/h2-6,8,10H,7,9,11H2,1H3,(H,24,27). The number of alkyl halides is 3. The first-order valence-corrected chi connectivity index (χ1v) is 8.69. The molecule has 0 fully saturated rings. The van der Waals surface area contributed by atoms with Gasteiger partial charge in [0.1, 0.15) is 5.75 Å². The Morgan fingerprint density at radius 1 is 1.10 bits per heavy atom. The number of nitrogens with one attached hydrogen (secondary N) is 1. The molecule has 2 amide bonds. The van der Waals surface area contributed by atoms with Gasteiger partial charge in [0, 0.05) is 31.1 Å². The van der Waals surface area contributed by atoms with E-state index in [1.165, 1.54) is 11.0 Å². The molecule has 0 bridgehead atoms. The summed E-state index contributed by atoms with van der Waals surface area (Å²) in [5, 5.41) is 2.46. The molecule has 1 heterocycles. The van der Waals surface area contributed by atoms with Crippen LogP contribution < -0.4 is 15.0 Å². The van der Waals surface area contributed by atoms with Crippen LogP contribution in [0.25, 0.3) is 0 Å². The van der Waals surface area contributed by atoms with Gasteiger partial charge in [0.2, 0.25) is 5.91 Å². The van der Waals surface area contributed by atoms with Crippen molar-refractivity contribution < 1.29 is 32.3 Å². The Balaban J connectivity index is 1.58. The Bertz CT molecular complexity index is 955. The van der Waals surface area contributed by atoms with E-state index in [2.05, 4.69) is 5.32 Å². The number of amides is 2. The van der Waals surface area contributed by atoms with Crippen LogP contribution in [0.1, 0.15) is 28.8 Å². The minimum atomic E-state index is -4.45. The summed E-state index contributed by atoms with van der Waals surface area (Å²) in [7, 11) is 1.58. The zero-order valence-corrected chi connectivity index (χ0v) is 15.4. The lowest BCUT2D eigenvalue weighted by Crippen LogP contribution is -2.35. The highest BCUT2D eigenvalue weighted by molar-refractivity contribution is 6.03. The van der Waals surface area contributed by atoms with Gasteiger partial charge in [-0.05, 0) is 42.5 Å². The fourth-order valence-corrected chi connectivity index (χ4v) is 2.78. The SMILES string of the molecule is CN1C(=O)COc2ccc(C(=O)CCC(=O)Nc3ccc(C(F)(F)F)cc3)cc21. The van der Waals surface area contributed by atoms with E-state index in [-0.39, 0.29) is 36.8 Å². The summed E-state index contributed by atoms with van der Waals surface area (Å²) in [6, 6.07) is 8.72. The van der Waals surface area contributed by atoms with E-state index < -0.39 is 17.6 Å². The molecule has 1 aliphatic rings. The lowest BCUT2D eigenvalue weighted by atomic mass is 10.0. The van der Waals surface area contributed by atoms with Crippen molar-refractivity contribution in [2.24, 2.45) is 0 Å². The number of hydrogen-bond donors (Lipinski definition) is 1. The third kappa shape index (κ3) is 4.74. The second-order valence-electron chi connectivity index (χ2n) is 6.47. The number of ketones is 1. The van der Waals surface area contributed by atoms with Gasteiger partial charge in [0.05, 0.1) is 11.3 Å². The van der Waals surface area contributed by atoms with Crippen LogP contribution in [-0.2, 0) is 15.8 Å². The first-order valence-electron chi connectivity index (χ1n) is 8.69. The number of anilines is 2. The number of carbonyl (C=O) groups is 3. The van der Waals surface area contributed by atoms with E-state index in [1.807, 2.05) is 0 Å². The number of likely N-dealkylation sites (N-methyl/N-ethyl adjacent to an activating group) is 1. The number of halogens is 3. The number of hydrogen-bond acceptors (Lipinski definition) is 4. The van der Waals surface area contributed by atoms with Crippen LogP contribution in [0, 0.1) is 0 Å². The van der Waals surface area contributed by atoms with Gasteiger partial charge in [-0.1, -0.05) is 0 Å². The van der Waals surface area contributed by atoms with Crippen molar-refractivity contribution in [3.8, 4) is 5.75 Å². The molecule has 0 radical (unpaired) electrons. The maximum atomic E-state index is 12.5. The molecule has 0 spiro atoms. The normalized spacial score (nSPS) is 13.5.